The molecule has 0 radical (unpaired) electrons. The number of rotatable bonds is 0. The summed E-state index contributed by atoms with van der Waals surface area (Å²) in [5.74, 6) is 1.46. The molecule has 2 aliphatic rings. The SMILES string of the molecule is CC1CC(C)CC2(C1)OC2C#N. The van der Waals surface area contributed by atoms with E-state index in [1.807, 2.05) is 0 Å². The van der Waals surface area contributed by atoms with E-state index in [-0.39, 0.29) is 11.7 Å². The van der Waals surface area contributed by atoms with Crippen LogP contribution in [0.25, 0.3) is 0 Å². The Morgan fingerprint density at radius 2 is 1.92 bits per heavy atom. The molecule has 0 bridgehead atoms. The fraction of sp³-hybridized carbons (Fsp3) is 0.900. The van der Waals surface area contributed by atoms with E-state index in [1.54, 1.807) is 0 Å². The van der Waals surface area contributed by atoms with Gasteiger partial charge in [0.15, 0.2) is 6.10 Å². The summed E-state index contributed by atoms with van der Waals surface area (Å²) in [6.07, 6.45) is 3.39. The fourth-order valence-electron chi connectivity index (χ4n) is 2.77. The van der Waals surface area contributed by atoms with E-state index < -0.39 is 0 Å². The molecule has 1 saturated heterocycles. The Balaban J connectivity index is 2.05. The van der Waals surface area contributed by atoms with Gasteiger partial charge in [-0.15, -0.1) is 0 Å². The first kappa shape index (κ1) is 8.07. The van der Waals surface area contributed by atoms with Crippen LogP contribution in [-0.2, 0) is 4.74 Å². The molecule has 0 amide bonds. The predicted molar refractivity (Wildman–Crippen MR) is 45.4 cm³/mol. The van der Waals surface area contributed by atoms with E-state index in [9.17, 15) is 0 Å². The van der Waals surface area contributed by atoms with Gasteiger partial charge in [-0.25, -0.2) is 0 Å². The van der Waals surface area contributed by atoms with Crippen molar-refractivity contribution in [2.75, 3.05) is 0 Å². The van der Waals surface area contributed by atoms with Crippen LogP contribution in [0.3, 0.4) is 0 Å². The van der Waals surface area contributed by atoms with Crippen LogP contribution in [-0.4, -0.2) is 11.7 Å². The van der Waals surface area contributed by atoms with Crippen molar-refractivity contribution in [2.24, 2.45) is 11.8 Å². The molecule has 2 nitrogen and oxygen atoms in total. The van der Waals surface area contributed by atoms with Crippen molar-refractivity contribution in [3.63, 3.8) is 0 Å². The summed E-state index contributed by atoms with van der Waals surface area (Å²) in [6.45, 7) is 4.51. The van der Waals surface area contributed by atoms with Crippen molar-refractivity contribution >= 4 is 0 Å². The molecular formula is C10H15NO. The van der Waals surface area contributed by atoms with Gasteiger partial charge in [-0.1, -0.05) is 13.8 Å². The molecule has 0 N–H and O–H groups in total. The highest BCUT2D eigenvalue weighted by atomic mass is 16.6. The van der Waals surface area contributed by atoms with Crippen molar-refractivity contribution in [1.29, 1.82) is 5.26 Å². The molecule has 66 valence electrons. The predicted octanol–water partition coefficient (Wildman–Crippen LogP) is 2.10. The van der Waals surface area contributed by atoms with E-state index in [1.165, 1.54) is 6.42 Å². The number of nitriles is 1. The van der Waals surface area contributed by atoms with Crippen molar-refractivity contribution in [1.82, 2.24) is 0 Å². The van der Waals surface area contributed by atoms with E-state index in [4.69, 9.17) is 10.00 Å². The summed E-state index contributed by atoms with van der Waals surface area (Å²) in [6, 6.07) is 2.22. The molecule has 1 aliphatic carbocycles. The molecule has 0 aromatic heterocycles. The number of hydrogen-bond donors (Lipinski definition) is 0. The summed E-state index contributed by atoms with van der Waals surface area (Å²) in [7, 11) is 0. The average Bonchev–Trinajstić information content (AvgIpc) is 2.59. The Morgan fingerprint density at radius 1 is 1.33 bits per heavy atom. The van der Waals surface area contributed by atoms with Gasteiger partial charge in [-0.2, -0.15) is 5.26 Å². The third kappa shape index (κ3) is 1.13. The zero-order chi connectivity index (χ0) is 8.77. The van der Waals surface area contributed by atoms with Crippen LogP contribution in [0.2, 0.25) is 0 Å². The monoisotopic (exact) mass is 165 g/mol. The van der Waals surface area contributed by atoms with Crippen LogP contribution in [0.1, 0.15) is 33.1 Å². The summed E-state index contributed by atoms with van der Waals surface area (Å²) < 4.78 is 5.47. The standard InChI is InChI=1S/C10H15NO/c1-7-3-8(2)5-10(4-7)9(6-11)12-10/h7-9H,3-5H2,1-2H3. The fourth-order valence-corrected chi connectivity index (χ4v) is 2.77. The summed E-state index contributed by atoms with van der Waals surface area (Å²) in [4.78, 5) is 0. The maximum atomic E-state index is 8.72. The average molecular weight is 165 g/mol. The number of epoxide rings is 1. The van der Waals surface area contributed by atoms with Gasteiger partial charge >= 0.3 is 0 Å². The third-order valence-corrected chi connectivity index (χ3v) is 3.08. The maximum absolute atomic E-state index is 8.72. The zero-order valence-corrected chi connectivity index (χ0v) is 7.71. The molecule has 1 heterocycles. The van der Waals surface area contributed by atoms with Crippen molar-refractivity contribution in [3.05, 3.63) is 0 Å². The molecular weight excluding hydrogens is 150 g/mol. The van der Waals surface area contributed by atoms with E-state index in [2.05, 4.69) is 19.9 Å². The van der Waals surface area contributed by atoms with Crippen molar-refractivity contribution in [2.45, 2.75) is 44.8 Å². The first-order valence-electron chi connectivity index (χ1n) is 4.74. The van der Waals surface area contributed by atoms with Crippen LogP contribution in [0.4, 0.5) is 0 Å². The second-order valence-corrected chi connectivity index (χ2v) is 4.55. The number of nitrogens with zero attached hydrogens (tertiary/aromatic N) is 1. The topological polar surface area (TPSA) is 36.3 Å². The Hall–Kier alpha value is -0.550. The molecule has 2 rings (SSSR count). The molecule has 12 heavy (non-hydrogen) atoms. The van der Waals surface area contributed by atoms with Crippen LogP contribution in [0.15, 0.2) is 0 Å². The van der Waals surface area contributed by atoms with Gasteiger partial charge in [-0.05, 0) is 31.1 Å². The molecule has 0 aromatic carbocycles. The van der Waals surface area contributed by atoms with E-state index in [0.717, 1.165) is 24.7 Å². The highest BCUT2D eigenvalue weighted by molar-refractivity contribution is 5.16. The lowest BCUT2D eigenvalue weighted by Crippen LogP contribution is -2.28. The lowest BCUT2D eigenvalue weighted by atomic mass is 9.75. The molecule has 3 atom stereocenters. The first-order chi connectivity index (χ1) is 5.66. The normalized spacial score (nSPS) is 51.9. The maximum Gasteiger partial charge on any atom is 0.173 e. The molecule has 3 unspecified atom stereocenters. The quantitative estimate of drug-likeness (QED) is 0.515. The van der Waals surface area contributed by atoms with Crippen LogP contribution in [0.5, 0.6) is 0 Å². The van der Waals surface area contributed by atoms with E-state index >= 15 is 0 Å². The number of hydrogen-bond acceptors (Lipinski definition) is 2. The minimum atomic E-state index is -0.0947. The smallest absolute Gasteiger partial charge is 0.173 e. The lowest BCUT2D eigenvalue weighted by Gasteiger charge is -2.28. The highest BCUT2D eigenvalue weighted by Gasteiger charge is 2.59. The highest BCUT2D eigenvalue weighted by Crippen LogP contribution is 2.51. The van der Waals surface area contributed by atoms with E-state index in [0.29, 0.717) is 0 Å². The van der Waals surface area contributed by atoms with Gasteiger partial charge in [0.1, 0.15) is 5.60 Å². The Bertz CT molecular complexity index is 220. The molecule has 2 fully saturated rings. The Morgan fingerprint density at radius 3 is 2.33 bits per heavy atom. The summed E-state index contributed by atoms with van der Waals surface area (Å²) in [5.41, 5.74) is -0.0220. The van der Waals surface area contributed by atoms with Crippen LogP contribution < -0.4 is 0 Å². The molecule has 1 aliphatic heterocycles. The van der Waals surface area contributed by atoms with Gasteiger partial charge in [0, 0.05) is 0 Å². The van der Waals surface area contributed by atoms with Crippen molar-refractivity contribution < 1.29 is 4.74 Å². The van der Waals surface area contributed by atoms with Gasteiger partial charge < -0.3 is 4.74 Å². The zero-order valence-electron chi connectivity index (χ0n) is 7.71. The minimum Gasteiger partial charge on any atom is -0.350 e. The first-order valence-corrected chi connectivity index (χ1v) is 4.74. The molecule has 1 saturated carbocycles. The molecule has 0 aromatic rings. The van der Waals surface area contributed by atoms with Gasteiger partial charge in [0.25, 0.3) is 0 Å². The lowest BCUT2D eigenvalue weighted by molar-refractivity contribution is 0.159. The van der Waals surface area contributed by atoms with Crippen LogP contribution >= 0.6 is 0 Å². The van der Waals surface area contributed by atoms with Gasteiger partial charge in [0.05, 0.1) is 6.07 Å². The van der Waals surface area contributed by atoms with Gasteiger partial charge in [-0.3, -0.25) is 0 Å². The number of ether oxygens (including phenoxy) is 1. The summed E-state index contributed by atoms with van der Waals surface area (Å²) >= 11 is 0. The largest absolute Gasteiger partial charge is 0.350 e. The Kier molecular flexibility index (Phi) is 1.66. The second kappa shape index (κ2) is 2.47. The van der Waals surface area contributed by atoms with Crippen LogP contribution in [0, 0.1) is 23.2 Å². The van der Waals surface area contributed by atoms with Gasteiger partial charge in [0.2, 0.25) is 0 Å². The molecule has 1 spiro atoms. The third-order valence-electron chi connectivity index (χ3n) is 3.08. The Labute approximate surface area is 73.5 Å². The van der Waals surface area contributed by atoms with Crippen molar-refractivity contribution in [3.8, 4) is 6.07 Å². The second-order valence-electron chi connectivity index (χ2n) is 4.55. The summed E-state index contributed by atoms with van der Waals surface area (Å²) in [5, 5.41) is 8.72. The minimum absolute atomic E-state index is 0.0220. The molecule has 2 heteroatoms.